The zero-order valence-electron chi connectivity index (χ0n) is 15.4. The van der Waals surface area contributed by atoms with Crippen molar-refractivity contribution >= 4 is 28.2 Å². The van der Waals surface area contributed by atoms with Crippen molar-refractivity contribution in [2.24, 2.45) is 5.10 Å². The van der Waals surface area contributed by atoms with Crippen LogP contribution < -0.4 is 21.3 Å². The predicted octanol–water partition coefficient (Wildman–Crippen LogP) is 2.33. The largest absolute Gasteiger partial charge is 0.458 e. The molecule has 3 rings (SSSR count). The van der Waals surface area contributed by atoms with Gasteiger partial charge in [-0.1, -0.05) is 25.1 Å². The van der Waals surface area contributed by atoms with Crippen molar-refractivity contribution in [2.75, 3.05) is 12.0 Å². The van der Waals surface area contributed by atoms with Gasteiger partial charge in [0.15, 0.2) is 0 Å². The Kier molecular flexibility index (Phi) is 5.64. The van der Waals surface area contributed by atoms with Gasteiger partial charge in [0.2, 0.25) is 5.71 Å². The Morgan fingerprint density at radius 2 is 2.07 bits per heavy atom. The smallest absolute Gasteiger partial charge is 0.337 e. The summed E-state index contributed by atoms with van der Waals surface area (Å²) in [4.78, 5) is 30.4. The molecule has 2 aromatic heterocycles. The van der Waals surface area contributed by atoms with E-state index in [2.05, 4.69) is 20.5 Å². The molecule has 0 radical (unpaired) electrons. The number of para-hydroxylation sites is 1. The van der Waals surface area contributed by atoms with E-state index in [-0.39, 0.29) is 29.4 Å². The molecule has 2 heterocycles. The molecule has 0 amide bonds. The van der Waals surface area contributed by atoms with Gasteiger partial charge in [-0.15, -0.1) is 0 Å². The molecule has 3 aromatic rings. The number of aromatic nitrogens is 2. The van der Waals surface area contributed by atoms with Crippen molar-refractivity contribution < 1.29 is 9.15 Å². The van der Waals surface area contributed by atoms with Gasteiger partial charge in [-0.2, -0.15) is 10.1 Å². The average molecular weight is 381 g/mol. The third kappa shape index (κ3) is 4.32. The van der Waals surface area contributed by atoms with Gasteiger partial charge >= 0.3 is 5.63 Å². The molecule has 0 saturated carbocycles. The van der Waals surface area contributed by atoms with Gasteiger partial charge in [-0.25, -0.2) is 4.79 Å². The molecule has 0 spiro atoms. The van der Waals surface area contributed by atoms with Crippen LogP contribution in [0.25, 0.3) is 11.1 Å². The number of aromatic amines is 1. The third-order valence-electron chi connectivity index (χ3n) is 3.97. The van der Waals surface area contributed by atoms with Gasteiger partial charge in [-0.05, 0) is 31.0 Å². The Morgan fingerprint density at radius 1 is 1.32 bits per heavy atom. The summed E-state index contributed by atoms with van der Waals surface area (Å²) in [5, 5.41) is 12.4. The maximum absolute atomic E-state index is 12.3. The number of ether oxygens (including phenoxy) is 1. The van der Waals surface area contributed by atoms with Crippen molar-refractivity contribution in [3.05, 3.63) is 62.7 Å². The minimum Gasteiger partial charge on any atom is -0.458 e. The Hall–Kier alpha value is -3.75. The standard InChI is InChI=1S/C19H19N5O4/c1-3-12-9-15(25)28-18-16(12)17(26)21-19(22-18)27-10-14(20)11(2)23-24-13-7-5-4-6-8-13/h4-9,20,24H,3,10H2,1-2H3,(H,21,22,26)/b20-14?,23-11-. The number of hydrogen-bond donors (Lipinski definition) is 3. The van der Waals surface area contributed by atoms with Crippen molar-refractivity contribution in [1.82, 2.24) is 9.97 Å². The van der Waals surface area contributed by atoms with E-state index >= 15 is 0 Å². The first kappa shape index (κ1) is 19.0. The Morgan fingerprint density at radius 3 is 2.79 bits per heavy atom. The van der Waals surface area contributed by atoms with Crippen molar-refractivity contribution in [3.8, 4) is 6.01 Å². The van der Waals surface area contributed by atoms with Crippen molar-refractivity contribution in [3.63, 3.8) is 0 Å². The topological polar surface area (TPSA) is 133 Å². The number of nitrogens with zero attached hydrogens (tertiary/aromatic N) is 2. The number of hydrazone groups is 1. The molecule has 0 atom stereocenters. The molecular weight excluding hydrogens is 362 g/mol. The fourth-order valence-corrected chi connectivity index (χ4v) is 2.45. The molecule has 1 aromatic carbocycles. The number of benzene rings is 1. The van der Waals surface area contributed by atoms with Crippen molar-refractivity contribution in [2.45, 2.75) is 20.3 Å². The van der Waals surface area contributed by atoms with Crippen LogP contribution in [-0.4, -0.2) is 28.0 Å². The second kappa shape index (κ2) is 8.30. The normalized spacial score (nSPS) is 11.4. The molecule has 0 unspecified atom stereocenters. The molecule has 9 nitrogen and oxygen atoms in total. The summed E-state index contributed by atoms with van der Waals surface area (Å²) < 4.78 is 10.4. The van der Waals surface area contributed by atoms with E-state index < -0.39 is 11.2 Å². The summed E-state index contributed by atoms with van der Waals surface area (Å²) in [6.45, 7) is 3.31. The van der Waals surface area contributed by atoms with E-state index in [4.69, 9.17) is 14.6 Å². The number of H-pyrrole nitrogens is 1. The lowest BCUT2D eigenvalue weighted by molar-refractivity contribution is 0.344. The van der Waals surface area contributed by atoms with Crippen LogP contribution in [0.1, 0.15) is 19.4 Å². The van der Waals surface area contributed by atoms with E-state index in [1.165, 1.54) is 6.07 Å². The van der Waals surface area contributed by atoms with Gasteiger partial charge in [0.1, 0.15) is 12.0 Å². The minimum absolute atomic E-state index is 0.0919. The summed E-state index contributed by atoms with van der Waals surface area (Å²) in [6.07, 6.45) is 0.488. The molecule has 0 saturated heterocycles. The van der Waals surface area contributed by atoms with Gasteiger partial charge in [-0.3, -0.25) is 20.6 Å². The van der Waals surface area contributed by atoms with E-state index in [1.807, 2.05) is 37.3 Å². The van der Waals surface area contributed by atoms with Crippen LogP contribution in [0.15, 0.2) is 55.5 Å². The Balaban J connectivity index is 1.73. The Bertz CT molecular complexity index is 1150. The van der Waals surface area contributed by atoms with Crippen molar-refractivity contribution in [1.29, 1.82) is 5.41 Å². The second-order valence-electron chi connectivity index (χ2n) is 5.94. The third-order valence-corrected chi connectivity index (χ3v) is 3.97. The highest BCUT2D eigenvalue weighted by atomic mass is 16.5. The molecule has 0 bridgehead atoms. The molecule has 0 aliphatic rings. The molecule has 0 aliphatic carbocycles. The lowest BCUT2D eigenvalue weighted by Crippen LogP contribution is -2.22. The number of anilines is 1. The van der Waals surface area contributed by atoms with Gasteiger partial charge in [0.05, 0.1) is 17.1 Å². The number of nitrogens with one attached hydrogen (secondary N) is 3. The fraction of sp³-hybridized carbons (Fsp3) is 0.211. The van der Waals surface area contributed by atoms with E-state index in [1.54, 1.807) is 6.92 Å². The highest BCUT2D eigenvalue weighted by Crippen LogP contribution is 2.13. The number of hydrogen-bond acceptors (Lipinski definition) is 8. The number of rotatable bonds is 7. The summed E-state index contributed by atoms with van der Waals surface area (Å²) in [6, 6.07) is 10.5. The first-order chi connectivity index (χ1) is 13.5. The van der Waals surface area contributed by atoms with Crippen LogP contribution in [0.5, 0.6) is 6.01 Å². The molecule has 0 fully saturated rings. The van der Waals surface area contributed by atoms with E-state index in [0.29, 0.717) is 17.7 Å². The van der Waals surface area contributed by atoms with Crippen LogP contribution in [0.2, 0.25) is 0 Å². The molecule has 3 N–H and O–H groups in total. The lowest BCUT2D eigenvalue weighted by Gasteiger charge is -2.08. The molecule has 28 heavy (non-hydrogen) atoms. The molecule has 0 aliphatic heterocycles. The predicted molar refractivity (Wildman–Crippen MR) is 107 cm³/mol. The first-order valence-electron chi connectivity index (χ1n) is 8.61. The molecular formula is C19H19N5O4. The van der Waals surface area contributed by atoms with E-state index in [9.17, 15) is 9.59 Å². The van der Waals surface area contributed by atoms with Crippen LogP contribution in [0.3, 0.4) is 0 Å². The summed E-state index contributed by atoms with van der Waals surface area (Å²) in [5.74, 6) is 0. The zero-order valence-corrected chi connectivity index (χ0v) is 15.4. The number of aryl methyl sites for hydroxylation is 1. The maximum Gasteiger partial charge on any atom is 0.337 e. The van der Waals surface area contributed by atoms with Crippen LogP contribution >= 0.6 is 0 Å². The Labute approximate surface area is 159 Å². The highest BCUT2D eigenvalue weighted by molar-refractivity contribution is 6.41. The van der Waals surface area contributed by atoms with Gasteiger partial charge < -0.3 is 9.15 Å². The van der Waals surface area contributed by atoms with Crippen LogP contribution in [0.4, 0.5) is 5.69 Å². The fourth-order valence-electron chi connectivity index (χ4n) is 2.45. The first-order valence-corrected chi connectivity index (χ1v) is 8.61. The second-order valence-corrected chi connectivity index (χ2v) is 5.94. The van der Waals surface area contributed by atoms with Gasteiger partial charge in [0.25, 0.3) is 11.6 Å². The summed E-state index contributed by atoms with van der Waals surface area (Å²) in [7, 11) is 0. The van der Waals surface area contributed by atoms with Crippen LogP contribution in [-0.2, 0) is 6.42 Å². The molecule has 144 valence electrons. The molecule has 9 heteroatoms. The zero-order chi connectivity index (χ0) is 20.1. The maximum atomic E-state index is 12.3. The minimum atomic E-state index is -0.587. The van der Waals surface area contributed by atoms with Gasteiger partial charge in [0, 0.05) is 6.07 Å². The lowest BCUT2D eigenvalue weighted by atomic mass is 10.1. The quantitative estimate of drug-likeness (QED) is 0.425. The highest BCUT2D eigenvalue weighted by Gasteiger charge is 2.13. The van der Waals surface area contributed by atoms with E-state index in [0.717, 1.165) is 5.69 Å². The monoisotopic (exact) mass is 381 g/mol. The summed E-state index contributed by atoms with van der Waals surface area (Å²) in [5.41, 5.74) is 3.54. The average Bonchev–Trinajstić information content (AvgIpc) is 2.69. The SMILES string of the molecule is CCc1cc(=O)oc2nc(OCC(=N)/C(C)=N\Nc3ccccc3)[nH]c(=O)c12. The van der Waals surface area contributed by atoms with Crippen LogP contribution in [0, 0.1) is 5.41 Å². The summed E-state index contributed by atoms with van der Waals surface area (Å²) >= 11 is 0. The number of fused-ring (bicyclic) bond motifs is 1.